The van der Waals surface area contributed by atoms with Gasteiger partial charge in [0.2, 0.25) is 5.91 Å². The zero-order chi connectivity index (χ0) is 17.9. The molecule has 1 amide bonds. The molecule has 0 saturated carbocycles. The molecule has 1 unspecified atom stereocenters. The van der Waals surface area contributed by atoms with Crippen LogP contribution in [0.2, 0.25) is 5.02 Å². The second-order valence-corrected chi connectivity index (χ2v) is 6.20. The predicted octanol–water partition coefficient (Wildman–Crippen LogP) is 2.76. The number of thioether (sulfide) groups is 1. The third-order valence-corrected chi connectivity index (χ3v) is 4.11. The summed E-state index contributed by atoms with van der Waals surface area (Å²) in [7, 11) is 0. The molecule has 1 aromatic rings. The molecule has 0 bridgehead atoms. The lowest BCUT2D eigenvalue weighted by atomic mass is 10.1. The lowest BCUT2D eigenvalue weighted by Crippen LogP contribution is -2.26. The summed E-state index contributed by atoms with van der Waals surface area (Å²) >= 11 is 6.41. The third kappa shape index (κ3) is 4.71. The van der Waals surface area contributed by atoms with Crippen molar-refractivity contribution < 1.29 is 27.9 Å². The van der Waals surface area contributed by atoms with Crippen molar-refractivity contribution in [1.82, 2.24) is 5.32 Å². The monoisotopic (exact) mass is 379 g/mol. The number of carboxylic acid groups (broad SMARTS) is 1. The molecule has 0 spiro atoms. The Bertz CT molecular complexity index is 737. The van der Waals surface area contributed by atoms with Crippen LogP contribution in [-0.2, 0) is 15.8 Å². The van der Waals surface area contributed by atoms with Gasteiger partial charge in [-0.3, -0.25) is 9.59 Å². The van der Waals surface area contributed by atoms with Crippen LogP contribution in [0.3, 0.4) is 0 Å². The molecule has 1 aliphatic rings. The van der Waals surface area contributed by atoms with Gasteiger partial charge in [0.25, 0.3) is 0 Å². The Balaban J connectivity index is 2.15. The van der Waals surface area contributed by atoms with Crippen LogP contribution in [0.15, 0.2) is 28.4 Å². The largest absolute Gasteiger partial charge is 0.481 e. The Morgan fingerprint density at radius 3 is 2.79 bits per heavy atom. The number of carbonyl (C=O) groups excluding carboxylic acids is 1. The molecule has 1 aliphatic heterocycles. The van der Waals surface area contributed by atoms with Crippen molar-refractivity contribution in [3.63, 3.8) is 0 Å². The lowest BCUT2D eigenvalue weighted by Gasteiger charge is -2.09. The Labute approximate surface area is 142 Å². The van der Waals surface area contributed by atoms with E-state index in [1.807, 2.05) is 0 Å². The first-order valence-corrected chi connectivity index (χ1v) is 7.59. The average Bonchev–Trinajstić information content (AvgIpc) is 2.79. The van der Waals surface area contributed by atoms with E-state index in [0.717, 1.165) is 30.1 Å². The highest BCUT2D eigenvalue weighted by Gasteiger charge is 2.33. The van der Waals surface area contributed by atoms with Crippen molar-refractivity contribution in [2.75, 3.05) is 0 Å². The van der Waals surface area contributed by atoms with Gasteiger partial charge in [0.15, 0.2) is 5.17 Å². The van der Waals surface area contributed by atoms with E-state index in [2.05, 4.69) is 15.5 Å². The number of nitrogens with zero attached hydrogens (tertiary/aromatic N) is 2. The zero-order valence-electron chi connectivity index (χ0n) is 11.7. The molecule has 1 atom stereocenters. The van der Waals surface area contributed by atoms with Gasteiger partial charge < -0.3 is 10.4 Å². The second kappa shape index (κ2) is 7.22. The van der Waals surface area contributed by atoms with Crippen LogP contribution < -0.4 is 5.32 Å². The number of carboxylic acids is 1. The Morgan fingerprint density at radius 2 is 2.17 bits per heavy atom. The van der Waals surface area contributed by atoms with Crippen molar-refractivity contribution in [2.24, 2.45) is 10.2 Å². The molecule has 2 N–H and O–H groups in total. The number of hydrogen-bond donors (Lipinski definition) is 2. The van der Waals surface area contributed by atoms with Gasteiger partial charge in [-0.2, -0.15) is 18.3 Å². The van der Waals surface area contributed by atoms with Crippen LogP contribution in [0.25, 0.3) is 0 Å². The Morgan fingerprint density at radius 1 is 1.46 bits per heavy atom. The SMILES string of the molecule is O=C(O)CC1SC(=NN=Cc2ccc(Cl)cc2C(F)(F)F)NC1=O. The number of nitrogens with one attached hydrogen (secondary N) is 1. The maximum Gasteiger partial charge on any atom is 0.417 e. The van der Waals surface area contributed by atoms with Crippen molar-refractivity contribution >= 4 is 46.6 Å². The molecule has 0 radical (unpaired) electrons. The van der Waals surface area contributed by atoms with E-state index < -0.39 is 35.3 Å². The van der Waals surface area contributed by atoms with Gasteiger partial charge in [0.1, 0.15) is 5.25 Å². The summed E-state index contributed by atoms with van der Waals surface area (Å²) in [4.78, 5) is 22.1. The molecule has 128 valence electrons. The quantitative estimate of drug-likeness (QED) is 0.621. The molecular weight excluding hydrogens is 371 g/mol. The smallest absolute Gasteiger partial charge is 0.417 e. The zero-order valence-corrected chi connectivity index (χ0v) is 13.2. The van der Waals surface area contributed by atoms with Gasteiger partial charge in [-0.05, 0) is 12.1 Å². The van der Waals surface area contributed by atoms with E-state index in [1.165, 1.54) is 6.07 Å². The first kappa shape index (κ1) is 18.3. The first-order valence-electron chi connectivity index (χ1n) is 6.34. The van der Waals surface area contributed by atoms with Crippen LogP contribution in [0.4, 0.5) is 13.2 Å². The molecule has 0 aliphatic carbocycles. The summed E-state index contributed by atoms with van der Waals surface area (Å²) in [5.74, 6) is -1.69. The summed E-state index contributed by atoms with van der Waals surface area (Å²) in [5.41, 5.74) is -1.21. The van der Waals surface area contributed by atoms with Crippen LogP contribution in [-0.4, -0.2) is 33.6 Å². The molecule has 1 heterocycles. The number of aliphatic carboxylic acids is 1. The lowest BCUT2D eigenvalue weighted by molar-refractivity contribution is -0.138. The standard InChI is InChI=1S/C13H9ClF3N3O3S/c14-7-2-1-6(8(3-7)13(15,16)17)5-18-20-12-19-11(23)9(24-12)4-10(21)22/h1-3,5,9H,4H2,(H,21,22)(H,19,20,23). The van der Waals surface area contributed by atoms with E-state index in [4.69, 9.17) is 16.7 Å². The molecule has 24 heavy (non-hydrogen) atoms. The van der Waals surface area contributed by atoms with E-state index >= 15 is 0 Å². The molecule has 0 aromatic heterocycles. The van der Waals surface area contributed by atoms with Crippen LogP contribution in [0.5, 0.6) is 0 Å². The highest BCUT2D eigenvalue weighted by Crippen LogP contribution is 2.33. The molecule has 11 heteroatoms. The minimum atomic E-state index is -4.61. The van der Waals surface area contributed by atoms with Crippen molar-refractivity contribution in [2.45, 2.75) is 17.8 Å². The fraction of sp³-hybridized carbons (Fsp3) is 0.231. The maximum absolute atomic E-state index is 12.9. The molecule has 1 saturated heterocycles. The summed E-state index contributed by atoms with van der Waals surface area (Å²) in [6, 6.07) is 3.19. The van der Waals surface area contributed by atoms with Crippen LogP contribution in [0, 0.1) is 0 Å². The van der Waals surface area contributed by atoms with Crippen molar-refractivity contribution in [3.8, 4) is 0 Å². The summed E-state index contributed by atoms with van der Waals surface area (Å²) < 4.78 is 38.7. The Hall–Kier alpha value is -2.07. The third-order valence-electron chi connectivity index (χ3n) is 2.80. The van der Waals surface area contributed by atoms with Crippen molar-refractivity contribution in [1.29, 1.82) is 0 Å². The van der Waals surface area contributed by atoms with Crippen molar-refractivity contribution in [3.05, 3.63) is 34.3 Å². The normalized spacial score (nSPS) is 19.9. The summed E-state index contributed by atoms with van der Waals surface area (Å²) in [5, 5.41) is 17.2. The summed E-state index contributed by atoms with van der Waals surface area (Å²) in [6.07, 6.45) is -4.12. The number of halogens is 4. The van der Waals surface area contributed by atoms with E-state index in [1.54, 1.807) is 0 Å². The number of hydrogen-bond acceptors (Lipinski definition) is 5. The molecule has 2 rings (SSSR count). The average molecular weight is 380 g/mol. The number of rotatable bonds is 4. The predicted molar refractivity (Wildman–Crippen MR) is 83.3 cm³/mol. The fourth-order valence-corrected chi connectivity index (χ4v) is 2.86. The Kier molecular flexibility index (Phi) is 5.50. The first-order chi connectivity index (χ1) is 11.2. The van der Waals surface area contributed by atoms with Gasteiger partial charge in [0, 0.05) is 10.6 Å². The number of amidine groups is 1. The van der Waals surface area contributed by atoms with Gasteiger partial charge in [-0.15, -0.1) is 5.10 Å². The maximum atomic E-state index is 12.9. The second-order valence-electron chi connectivity index (χ2n) is 4.57. The fourth-order valence-electron chi connectivity index (χ4n) is 1.78. The number of alkyl halides is 3. The molecule has 6 nitrogen and oxygen atoms in total. The van der Waals surface area contributed by atoms with Gasteiger partial charge in [0.05, 0.1) is 18.2 Å². The van der Waals surface area contributed by atoms with Crippen LogP contribution >= 0.6 is 23.4 Å². The number of amides is 1. The minimum absolute atomic E-state index is 0.0185. The highest BCUT2D eigenvalue weighted by molar-refractivity contribution is 8.15. The number of carbonyl (C=O) groups is 2. The molecule has 1 fully saturated rings. The minimum Gasteiger partial charge on any atom is -0.481 e. The topological polar surface area (TPSA) is 91.1 Å². The number of benzene rings is 1. The summed E-state index contributed by atoms with van der Waals surface area (Å²) in [6.45, 7) is 0. The van der Waals surface area contributed by atoms with Gasteiger partial charge >= 0.3 is 12.1 Å². The van der Waals surface area contributed by atoms with Gasteiger partial charge in [-0.1, -0.05) is 29.4 Å². The molecule has 1 aromatic carbocycles. The highest BCUT2D eigenvalue weighted by atomic mass is 35.5. The van der Waals surface area contributed by atoms with Gasteiger partial charge in [-0.25, -0.2) is 0 Å². The van der Waals surface area contributed by atoms with E-state index in [-0.39, 0.29) is 15.8 Å². The van der Waals surface area contributed by atoms with E-state index in [9.17, 15) is 22.8 Å². The van der Waals surface area contributed by atoms with E-state index in [0.29, 0.717) is 0 Å². The van der Waals surface area contributed by atoms with Crippen LogP contribution in [0.1, 0.15) is 17.5 Å². The molecular formula is C13H9ClF3N3O3S.